The van der Waals surface area contributed by atoms with Crippen molar-refractivity contribution in [3.05, 3.63) is 77.9 Å². The molecule has 7 N–H and O–H groups in total. The van der Waals surface area contributed by atoms with Crippen LogP contribution in [0.15, 0.2) is 71.6 Å². The van der Waals surface area contributed by atoms with Crippen LogP contribution in [0.4, 0.5) is 0 Å². The molecule has 202 valence electrons. The van der Waals surface area contributed by atoms with E-state index in [2.05, 4.69) is 5.32 Å². The smallest absolute Gasteiger partial charge is 0.323 e. The first-order chi connectivity index (χ1) is 17.4. The molecular formula is C25H28ClN5O6S. The van der Waals surface area contributed by atoms with Gasteiger partial charge in [-0.3, -0.25) is 19.8 Å². The molecule has 0 aromatic heterocycles. The highest BCUT2D eigenvalue weighted by molar-refractivity contribution is 7.92. The minimum atomic E-state index is -4.32. The lowest BCUT2D eigenvalue weighted by atomic mass is 10.0. The first-order valence-corrected chi connectivity index (χ1v) is 12.6. The molecule has 1 unspecified atom stereocenters. The SMILES string of the molecule is CN(CC(=O)O)C(=O)[C@H](Cc1ccc(C(=N)N)cc1)NC(=O)C(N)S(=O)(=O)c1ccc2ccccc2c1.Cl. The molecule has 38 heavy (non-hydrogen) atoms. The number of fused-ring (bicyclic) bond motifs is 1. The Hall–Kier alpha value is -4.00. The average Bonchev–Trinajstić information content (AvgIpc) is 2.86. The predicted octanol–water partition coefficient (Wildman–Crippen LogP) is 0.875. The van der Waals surface area contributed by atoms with Crippen LogP contribution < -0.4 is 16.8 Å². The molecule has 3 aromatic rings. The van der Waals surface area contributed by atoms with Gasteiger partial charge in [-0.1, -0.05) is 54.6 Å². The van der Waals surface area contributed by atoms with Crippen LogP contribution in [0.3, 0.4) is 0 Å². The molecule has 0 spiro atoms. The number of carboxylic acids is 1. The highest BCUT2D eigenvalue weighted by Gasteiger charge is 2.34. The average molecular weight is 562 g/mol. The second-order valence-corrected chi connectivity index (χ2v) is 10.5. The van der Waals surface area contributed by atoms with Crippen LogP contribution in [-0.4, -0.2) is 67.1 Å². The van der Waals surface area contributed by atoms with Crippen molar-refractivity contribution < 1.29 is 27.9 Å². The standard InChI is InChI=1S/C25H27N5O6S.ClH/c1-30(14-21(31)32)25(34)20(12-15-6-8-17(9-7-15)22(26)27)29-24(33)23(28)37(35,36)19-11-10-16-4-2-3-5-18(16)13-19;/h2-11,13,20,23H,12,14,28H2,1H3,(H3,26,27)(H,29,33)(H,31,32);1H/t20-,23?;/m0./s1. The molecule has 0 aliphatic heterocycles. The van der Waals surface area contributed by atoms with Crippen molar-refractivity contribution in [3.8, 4) is 0 Å². The Bertz CT molecular complexity index is 1460. The summed E-state index contributed by atoms with van der Waals surface area (Å²) in [5.41, 5.74) is 12.3. The molecule has 0 bridgehead atoms. The fourth-order valence-corrected chi connectivity index (χ4v) is 4.88. The van der Waals surface area contributed by atoms with Crippen molar-refractivity contribution in [1.82, 2.24) is 10.2 Å². The molecular weight excluding hydrogens is 534 g/mol. The summed E-state index contributed by atoms with van der Waals surface area (Å²) >= 11 is 0. The van der Waals surface area contributed by atoms with Gasteiger partial charge in [0.2, 0.25) is 15.7 Å². The Kier molecular flexibility index (Phi) is 9.94. The maximum atomic E-state index is 13.1. The third-order valence-electron chi connectivity index (χ3n) is 5.71. The molecule has 2 atom stereocenters. The quantitative estimate of drug-likeness (QED) is 0.177. The van der Waals surface area contributed by atoms with Gasteiger partial charge in [0.05, 0.1) is 4.90 Å². The number of hydrogen-bond acceptors (Lipinski definition) is 7. The Balaban J connectivity index is 0.00000507. The lowest BCUT2D eigenvalue weighted by Gasteiger charge is -2.25. The lowest BCUT2D eigenvalue weighted by molar-refractivity contribution is -0.144. The summed E-state index contributed by atoms with van der Waals surface area (Å²) in [6.45, 7) is -0.629. The summed E-state index contributed by atoms with van der Waals surface area (Å²) < 4.78 is 26.2. The van der Waals surface area contributed by atoms with Crippen LogP contribution in [-0.2, 0) is 30.6 Å². The molecule has 0 aliphatic rings. The molecule has 0 saturated heterocycles. The molecule has 0 aliphatic carbocycles. The molecule has 0 radical (unpaired) electrons. The van der Waals surface area contributed by atoms with E-state index in [-0.39, 0.29) is 29.6 Å². The number of amidine groups is 1. The third-order valence-corrected chi connectivity index (χ3v) is 7.50. The van der Waals surface area contributed by atoms with Gasteiger partial charge in [-0.2, -0.15) is 0 Å². The molecule has 2 amide bonds. The Morgan fingerprint density at radius 1 is 1.03 bits per heavy atom. The zero-order valence-electron chi connectivity index (χ0n) is 20.3. The number of nitrogen functional groups attached to an aromatic ring is 1. The van der Waals surface area contributed by atoms with Crippen molar-refractivity contribution in [3.63, 3.8) is 0 Å². The zero-order valence-corrected chi connectivity index (χ0v) is 22.0. The van der Waals surface area contributed by atoms with Crippen LogP contribution in [0.2, 0.25) is 0 Å². The molecule has 0 fully saturated rings. The minimum Gasteiger partial charge on any atom is -0.480 e. The van der Waals surface area contributed by atoms with Crippen molar-refractivity contribution in [2.45, 2.75) is 22.7 Å². The fraction of sp³-hybridized carbons (Fsp3) is 0.200. The number of carbonyl (C=O) groups is 3. The van der Waals surface area contributed by atoms with E-state index in [1.54, 1.807) is 42.5 Å². The van der Waals surface area contributed by atoms with Crippen LogP contribution in [0.1, 0.15) is 11.1 Å². The Labute approximate surface area is 225 Å². The van der Waals surface area contributed by atoms with Crippen molar-refractivity contribution in [1.29, 1.82) is 5.41 Å². The molecule has 0 saturated carbocycles. The first-order valence-electron chi connectivity index (χ1n) is 11.1. The number of carboxylic acid groups (broad SMARTS) is 1. The number of carbonyl (C=O) groups excluding carboxylic acids is 2. The summed E-state index contributed by atoms with van der Waals surface area (Å²) in [4.78, 5) is 37.8. The lowest BCUT2D eigenvalue weighted by Crippen LogP contribution is -2.55. The summed E-state index contributed by atoms with van der Waals surface area (Å²) in [5.74, 6) is -3.28. The number of nitrogens with zero attached hydrogens (tertiary/aromatic N) is 1. The van der Waals surface area contributed by atoms with Gasteiger partial charge in [0.1, 0.15) is 18.4 Å². The van der Waals surface area contributed by atoms with Crippen LogP contribution >= 0.6 is 12.4 Å². The second-order valence-electron chi connectivity index (χ2n) is 8.44. The highest BCUT2D eigenvalue weighted by atomic mass is 35.5. The zero-order chi connectivity index (χ0) is 27.3. The maximum absolute atomic E-state index is 13.1. The van der Waals surface area contributed by atoms with E-state index in [0.717, 1.165) is 10.3 Å². The number of amides is 2. The van der Waals surface area contributed by atoms with Gasteiger partial charge >= 0.3 is 5.97 Å². The molecule has 13 heteroatoms. The molecule has 3 aromatic carbocycles. The molecule has 3 rings (SSSR count). The van der Waals surface area contributed by atoms with Crippen LogP contribution in [0, 0.1) is 5.41 Å². The summed E-state index contributed by atoms with van der Waals surface area (Å²) in [6.07, 6.45) is -0.0878. The van der Waals surface area contributed by atoms with Gasteiger partial charge in [-0.05, 0) is 28.5 Å². The van der Waals surface area contributed by atoms with E-state index in [1.165, 1.54) is 19.2 Å². The van der Waals surface area contributed by atoms with Gasteiger partial charge in [0, 0.05) is 19.0 Å². The van der Waals surface area contributed by atoms with E-state index in [4.69, 9.17) is 22.0 Å². The highest BCUT2D eigenvalue weighted by Crippen LogP contribution is 2.21. The first kappa shape index (κ1) is 30.2. The maximum Gasteiger partial charge on any atom is 0.323 e. The Morgan fingerprint density at radius 3 is 2.21 bits per heavy atom. The third kappa shape index (κ3) is 7.06. The largest absolute Gasteiger partial charge is 0.480 e. The van der Waals surface area contributed by atoms with Crippen molar-refractivity contribution in [2.24, 2.45) is 11.5 Å². The number of hydrogen-bond donors (Lipinski definition) is 5. The van der Waals surface area contributed by atoms with Crippen LogP contribution in [0.25, 0.3) is 10.8 Å². The van der Waals surface area contributed by atoms with E-state index in [0.29, 0.717) is 16.5 Å². The summed E-state index contributed by atoms with van der Waals surface area (Å²) in [5, 5.41) is 18.3. The van der Waals surface area contributed by atoms with Gasteiger partial charge in [0.25, 0.3) is 5.91 Å². The number of benzene rings is 3. The van der Waals surface area contributed by atoms with Crippen molar-refractivity contribution in [2.75, 3.05) is 13.6 Å². The summed E-state index contributed by atoms with van der Waals surface area (Å²) in [7, 11) is -3.07. The van der Waals surface area contributed by atoms with Crippen molar-refractivity contribution >= 4 is 56.6 Å². The predicted molar refractivity (Wildman–Crippen MR) is 145 cm³/mol. The topological polar surface area (TPSA) is 197 Å². The second kappa shape index (κ2) is 12.5. The molecule has 11 nitrogen and oxygen atoms in total. The number of rotatable bonds is 10. The number of nitrogens with one attached hydrogen (secondary N) is 2. The normalized spacial score (nSPS) is 12.6. The van der Waals surface area contributed by atoms with Gasteiger partial charge in [-0.15, -0.1) is 12.4 Å². The number of nitrogens with two attached hydrogens (primary N) is 2. The van der Waals surface area contributed by atoms with Gasteiger partial charge in [-0.25, -0.2) is 8.42 Å². The number of aliphatic carboxylic acids is 1. The number of sulfone groups is 1. The minimum absolute atomic E-state index is 0. The van der Waals surface area contributed by atoms with E-state index in [1.807, 2.05) is 12.1 Å². The number of likely N-dealkylation sites (N-methyl/N-ethyl adjacent to an activating group) is 1. The molecule has 0 heterocycles. The van der Waals surface area contributed by atoms with Gasteiger partial charge in [0.15, 0.2) is 5.37 Å². The monoisotopic (exact) mass is 561 g/mol. The van der Waals surface area contributed by atoms with E-state index >= 15 is 0 Å². The van der Waals surface area contributed by atoms with Gasteiger partial charge < -0.3 is 26.8 Å². The van der Waals surface area contributed by atoms with E-state index < -0.39 is 45.6 Å². The summed E-state index contributed by atoms with van der Waals surface area (Å²) in [6, 6.07) is 16.4. The Morgan fingerprint density at radius 2 is 1.63 bits per heavy atom. The van der Waals surface area contributed by atoms with E-state index in [9.17, 15) is 22.8 Å². The fourth-order valence-electron chi connectivity index (χ4n) is 3.69. The van der Waals surface area contributed by atoms with Crippen LogP contribution in [0.5, 0.6) is 0 Å². The number of halogens is 1.